The molecule has 4 saturated carbocycles. The normalized spacial score (nSPS) is 53.0. The van der Waals surface area contributed by atoms with Crippen LogP contribution in [-0.4, -0.2) is 179 Å². The van der Waals surface area contributed by atoms with Crippen molar-refractivity contribution >= 4 is 0 Å². The van der Waals surface area contributed by atoms with Gasteiger partial charge in [0.05, 0.1) is 37.1 Å². The third-order valence-corrected chi connectivity index (χ3v) is 18.7. The molecule has 3 heterocycles. The molecule has 0 radical (unpaired) electrons. The Balaban J connectivity index is 1.08. The lowest BCUT2D eigenvalue weighted by Crippen LogP contribution is -2.67. The SMILES string of the molecule is CC(C)=CCC[C@](C)(O[C@@H]1O[C@H](CO)[C@@H](O)[C@H](O)[C@H]1O)[C@H]1CC[C@]2(C)[C@@H]1[C@H](O)C[C@@H]1[C@]3(C)CC[C@@H](O[C@@H]4O[C@H](CO[C@@H]5O[C@@H](C)[C@H](O)[C@@H](O)[C@H]5O)[C@@H](O)[C@H](O)[C@H]4O)C(C)(C)[C@H]3CC[C@]12C. The van der Waals surface area contributed by atoms with Crippen molar-refractivity contribution in [3.05, 3.63) is 11.6 Å². The number of ether oxygens (including phenoxy) is 6. The smallest absolute Gasteiger partial charge is 0.187 e. The number of hydrogen-bond acceptors (Lipinski definition) is 17. The van der Waals surface area contributed by atoms with Crippen molar-refractivity contribution in [1.82, 2.24) is 0 Å². The molecular weight excluding hydrogens is 849 g/mol. The van der Waals surface area contributed by atoms with Gasteiger partial charge in [0.1, 0.15) is 67.1 Å². The number of fused-ring (bicyclic) bond motifs is 5. The maximum Gasteiger partial charge on any atom is 0.187 e. The highest BCUT2D eigenvalue weighted by atomic mass is 16.7. The molecule has 0 spiro atoms. The Hall–Kier alpha value is -0.940. The van der Waals surface area contributed by atoms with Crippen LogP contribution in [0.1, 0.15) is 120 Å². The first kappa shape index (κ1) is 51.9. The van der Waals surface area contributed by atoms with E-state index in [0.29, 0.717) is 25.7 Å². The molecule has 17 nitrogen and oxygen atoms in total. The number of allylic oxidation sites excluding steroid dienone is 2. The fourth-order valence-corrected chi connectivity index (χ4v) is 14.7. The Kier molecular flexibility index (Phi) is 15.2. The Morgan fingerprint density at radius 1 is 0.662 bits per heavy atom. The van der Waals surface area contributed by atoms with Gasteiger partial charge >= 0.3 is 0 Å². The molecule has 376 valence electrons. The molecule has 7 rings (SSSR count). The van der Waals surface area contributed by atoms with Gasteiger partial charge < -0.3 is 84.6 Å². The summed E-state index contributed by atoms with van der Waals surface area (Å²) in [4.78, 5) is 0. The van der Waals surface area contributed by atoms with Crippen molar-refractivity contribution in [2.75, 3.05) is 13.2 Å². The summed E-state index contributed by atoms with van der Waals surface area (Å²) in [5.74, 6) is -0.0150. The molecule has 0 aromatic heterocycles. The summed E-state index contributed by atoms with van der Waals surface area (Å²) in [7, 11) is 0. The molecule has 0 amide bonds. The minimum absolute atomic E-state index is 0.141. The van der Waals surface area contributed by atoms with Crippen LogP contribution >= 0.6 is 0 Å². The molecule has 11 N–H and O–H groups in total. The average molecular weight is 931 g/mol. The van der Waals surface area contributed by atoms with Gasteiger partial charge in [-0.25, -0.2) is 0 Å². The molecule has 65 heavy (non-hydrogen) atoms. The third kappa shape index (κ3) is 8.84. The fourth-order valence-electron chi connectivity index (χ4n) is 14.7. The number of hydrogen-bond donors (Lipinski definition) is 11. The molecule has 0 bridgehead atoms. The van der Waals surface area contributed by atoms with Gasteiger partial charge in [0.15, 0.2) is 18.9 Å². The monoisotopic (exact) mass is 931 g/mol. The minimum Gasteiger partial charge on any atom is -0.394 e. The Labute approximate surface area is 384 Å². The van der Waals surface area contributed by atoms with Gasteiger partial charge in [0.25, 0.3) is 0 Å². The van der Waals surface area contributed by atoms with E-state index in [1.54, 1.807) is 0 Å². The summed E-state index contributed by atoms with van der Waals surface area (Å²) in [5.41, 5.74) is -0.913. The quantitative estimate of drug-likeness (QED) is 0.0962. The Morgan fingerprint density at radius 2 is 1.25 bits per heavy atom. The summed E-state index contributed by atoms with van der Waals surface area (Å²) >= 11 is 0. The molecule has 3 aliphatic heterocycles. The van der Waals surface area contributed by atoms with E-state index in [1.165, 1.54) is 6.92 Å². The highest BCUT2D eigenvalue weighted by molar-refractivity contribution is 5.20. The molecule has 0 aromatic rings. The van der Waals surface area contributed by atoms with Crippen molar-refractivity contribution in [3.63, 3.8) is 0 Å². The van der Waals surface area contributed by atoms with Crippen molar-refractivity contribution in [1.29, 1.82) is 0 Å². The molecule has 4 aliphatic carbocycles. The second-order valence-electron chi connectivity index (χ2n) is 22.9. The zero-order valence-electron chi connectivity index (χ0n) is 39.8. The van der Waals surface area contributed by atoms with Gasteiger partial charge in [0, 0.05) is 0 Å². The van der Waals surface area contributed by atoms with Crippen LogP contribution in [0.3, 0.4) is 0 Å². The number of aliphatic hydroxyl groups is 11. The highest BCUT2D eigenvalue weighted by Gasteiger charge is 2.72. The van der Waals surface area contributed by atoms with E-state index in [9.17, 15) is 56.2 Å². The number of aliphatic hydroxyl groups excluding tert-OH is 11. The minimum atomic E-state index is -1.64. The van der Waals surface area contributed by atoms with Crippen molar-refractivity contribution in [2.45, 2.75) is 230 Å². The maximum absolute atomic E-state index is 12.6. The van der Waals surface area contributed by atoms with Crippen molar-refractivity contribution in [2.24, 2.45) is 45.3 Å². The molecular formula is C48H82O17. The van der Waals surface area contributed by atoms with Crippen LogP contribution < -0.4 is 0 Å². The van der Waals surface area contributed by atoms with E-state index in [0.717, 1.165) is 37.7 Å². The van der Waals surface area contributed by atoms with Crippen LogP contribution in [-0.2, 0) is 28.4 Å². The van der Waals surface area contributed by atoms with E-state index in [-0.39, 0.29) is 46.5 Å². The molecule has 17 heteroatoms. The van der Waals surface area contributed by atoms with Gasteiger partial charge in [-0.15, -0.1) is 0 Å². The first-order chi connectivity index (χ1) is 30.3. The summed E-state index contributed by atoms with van der Waals surface area (Å²) in [6, 6.07) is 0. The molecule has 7 fully saturated rings. The van der Waals surface area contributed by atoms with E-state index in [4.69, 9.17) is 28.4 Å². The van der Waals surface area contributed by atoms with E-state index < -0.39 is 122 Å². The molecule has 25 atom stereocenters. The second-order valence-corrected chi connectivity index (χ2v) is 22.9. The Bertz CT molecular complexity index is 1660. The Morgan fingerprint density at radius 3 is 1.89 bits per heavy atom. The van der Waals surface area contributed by atoms with Gasteiger partial charge in [-0.3, -0.25) is 0 Å². The van der Waals surface area contributed by atoms with Crippen LogP contribution in [0.2, 0.25) is 0 Å². The van der Waals surface area contributed by atoms with E-state index >= 15 is 0 Å². The lowest BCUT2D eigenvalue weighted by molar-refractivity contribution is -0.345. The molecule has 0 unspecified atom stereocenters. The highest BCUT2D eigenvalue weighted by Crippen LogP contribution is 2.76. The largest absolute Gasteiger partial charge is 0.394 e. The summed E-state index contributed by atoms with van der Waals surface area (Å²) in [5, 5.41) is 119. The van der Waals surface area contributed by atoms with Crippen LogP contribution in [0.5, 0.6) is 0 Å². The standard InChI is InChI=1S/C48H82O17/c1-22(2)11-10-15-48(9,65-43-40(59)36(55)33(52)26(20-49)62-43)24-12-17-47(8)31(24)25(50)19-29-45(6)16-14-30(44(4,5)28(45)13-18-46(29,47)7)64-42-39(58)37(56)34(53)27(63-42)21-60-41-38(57)35(54)32(51)23(3)61-41/h11,23-43,49-59H,10,12-21H2,1-9H3/t23-,24-,25+,26+,27+,28+,29+,30+,31-,32-,33+,34+,35+,36-,37-,38+,39+,40+,41+,42-,43-,45+,46+,47+,48-/m0/s1. The molecule has 0 aromatic carbocycles. The van der Waals surface area contributed by atoms with Gasteiger partial charge in [-0.05, 0) is 131 Å². The van der Waals surface area contributed by atoms with Gasteiger partial charge in [-0.2, -0.15) is 0 Å². The first-order valence-electron chi connectivity index (χ1n) is 24.2. The summed E-state index contributed by atoms with van der Waals surface area (Å²) < 4.78 is 36.7. The predicted octanol–water partition coefficient (Wildman–Crippen LogP) is 1.00. The van der Waals surface area contributed by atoms with Crippen LogP contribution in [0.25, 0.3) is 0 Å². The van der Waals surface area contributed by atoms with Crippen LogP contribution in [0, 0.1) is 45.3 Å². The molecule has 7 aliphatic rings. The molecule has 3 saturated heterocycles. The first-order valence-corrected chi connectivity index (χ1v) is 24.2. The van der Waals surface area contributed by atoms with E-state index in [2.05, 4.69) is 40.7 Å². The predicted molar refractivity (Wildman–Crippen MR) is 232 cm³/mol. The topological polar surface area (TPSA) is 278 Å². The fraction of sp³-hybridized carbons (Fsp3) is 0.958. The zero-order chi connectivity index (χ0) is 47.9. The van der Waals surface area contributed by atoms with E-state index in [1.807, 2.05) is 20.8 Å². The second kappa shape index (κ2) is 19.0. The van der Waals surface area contributed by atoms with Crippen molar-refractivity contribution < 1.29 is 84.6 Å². The average Bonchev–Trinajstić information content (AvgIpc) is 3.63. The van der Waals surface area contributed by atoms with Gasteiger partial charge in [-0.1, -0.05) is 46.3 Å². The third-order valence-electron chi connectivity index (χ3n) is 18.7. The van der Waals surface area contributed by atoms with Crippen LogP contribution in [0.15, 0.2) is 11.6 Å². The number of rotatable bonds is 12. The maximum atomic E-state index is 12.6. The lowest BCUT2D eigenvalue weighted by Gasteiger charge is -2.71. The van der Waals surface area contributed by atoms with Gasteiger partial charge in [0.2, 0.25) is 0 Å². The summed E-state index contributed by atoms with van der Waals surface area (Å²) in [6.07, 6.45) is -13.3. The van der Waals surface area contributed by atoms with Crippen molar-refractivity contribution in [3.8, 4) is 0 Å². The zero-order valence-corrected chi connectivity index (χ0v) is 39.8. The lowest BCUT2D eigenvalue weighted by atomic mass is 9.35. The summed E-state index contributed by atoms with van der Waals surface area (Å²) in [6.45, 7) is 18.1. The van der Waals surface area contributed by atoms with Crippen LogP contribution in [0.4, 0.5) is 0 Å².